The Kier molecular flexibility index (Phi) is 3.64. The highest BCUT2D eigenvalue weighted by Gasteiger charge is 2.23. The molecule has 92 valence electrons. The first kappa shape index (κ1) is 11.9. The molecule has 0 saturated heterocycles. The summed E-state index contributed by atoms with van der Waals surface area (Å²) in [5.74, 6) is 0. The smallest absolute Gasteiger partial charge is 0.319 e. The molecule has 4 nitrogen and oxygen atoms in total. The first-order chi connectivity index (χ1) is 8.19. The predicted octanol–water partition coefficient (Wildman–Crippen LogP) is 2.25. The van der Waals surface area contributed by atoms with Crippen LogP contribution >= 0.6 is 0 Å². The van der Waals surface area contributed by atoms with Crippen molar-refractivity contribution in [3.05, 3.63) is 29.8 Å². The SMILES string of the molecule is CNC(C)c1cccc(NC(=O)NC2CC2)c1. The van der Waals surface area contributed by atoms with Gasteiger partial charge in [-0.2, -0.15) is 0 Å². The second-order valence-corrected chi connectivity index (χ2v) is 4.51. The van der Waals surface area contributed by atoms with Crippen LogP contribution in [0.25, 0.3) is 0 Å². The molecule has 0 aliphatic heterocycles. The molecule has 0 radical (unpaired) electrons. The zero-order valence-electron chi connectivity index (χ0n) is 10.3. The largest absolute Gasteiger partial charge is 0.335 e. The van der Waals surface area contributed by atoms with E-state index >= 15 is 0 Å². The van der Waals surface area contributed by atoms with Crippen LogP contribution in [0.1, 0.15) is 31.4 Å². The Morgan fingerprint density at radius 3 is 2.82 bits per heavy atom. The predicted molar refractivity (Wildman–Crippen MR) is 69.1 cm³/mol. The van der Waals surface area contributed by atoms with Gasteiger partial charge in [-0.25, -0.2) is 4.79 Å². The number of amides is 2. The highest BCUT2D eigenvalue weighted by atomic mass is 16.2. The molecule has 0 bridgehead atoms. The molecule has 3 N–H and O–H groups in total. The fourth-order valence-corrected chi connectivity index (χ4v) is 1.63. The quantitative estimate of drug-likeness (QED) is 0.747. The van der Waals surface area contributed by atoms with Crippen molar-refractivity contribution in [2.24, 2.45) is 0 Å². The molecule has 2 amide bonds. The fraction of sp³-hybridized carbons (Fsp3) is 0.462. The summed E-state index contributed by atoms with van der Waals surface area (Å²) >= 11 is 0. The van der Waals surface area contributed by atoms with Gasteiger partial charge in [-0.05, 0) is 44.5 Å². The molecule has 4 heteroatoms. The van der Waals surface area contributed by atoms with Gasteiger partial charge >= 0.3 is 6.03 Å². The van der Waals surface area contributed by atoms with Crippen molar-refractivity contribution in [2.45, 2.75) is 31.8 Å². The van der Waals surface area contributed by atoms with Crippen LogP contribution in [0.3, 0.4) is 0 Å². The van der Waals surface area contributed by atoms with Crippen molar-refractivity contribution < 1.29 is 4.79 Å². The van der Waals surface area contributed by atoms with Crippen LogP contribution in [0.4, 0.5) is 10.5 Å². The van der Waals surface area contributed by atoms with Crippen LogP contribution < -0.4 is 16.0 Å². The van der Waals surface area contributed by atoms with Gasteiger partial charge in [0, 0.05) is 17.8 Å². The van der Waals surface area contributed by atoms with Crippen LogP contribution in [0, 0.1) is 0 Å². The van der Waals surface area contributed by atoms with E-state index in [-0.39, 0.29) is 12.1 Å². The van der Waals surface area contributed by atoms with Crippen molar-refractivity contribution >= 4 is 11.7 Å². The number of hydrogen-bond donors (Lipinski definition) is 3. The lowest BCUT2D eigenvalue weighted by molar-refractivity contribution is 0.251. The lowest BCUT2D eigenvalue weighted by Gasteiger charge is -2.12. The number of urea groups is 1. The van der Waals surface area contributed by atoms with E-state index in [1.807, 2.05) is 31.3 Å². The fourth-order valence-electron chi connectivity index (χ4n) is 1.63. The molecule has 0 heterocycles. The zero-order chi connectivity index (χ0) is 12.3. The molecule has 2 rings (SSSR count). The number of anilines is 1. The third-order valence-corrected chi connectivity index (χ3v) is 2.99. The Bertz CT molecular complexity index is 401. The minimum atomic E-state index is -0.109. The van der Waals surface area contributed by atoms with Gasteiger partial charge in [-0.1, -0.05) is 12.1 Å². The lowest BCUT2D eigenvalue weighted by Crippen LogP contribution is -2.30. The molecule has 1 aromatic rings. The third-order valence-electron chi connectivity index (χ3n) is 2.99. The molecule has 1 atom stereocenters. The normalized spacial score (nSPS) is 16.4. The van der Waals surface area contributed by atoms with Crippen molar-refractivity contribution in [1.29, 1.82) is 0 Å². The van der Waals surface area contributed by atoms with Gasteiger partial charge in [-0.15, -0.1) is 0 Å². The summed E-state index contributed by atoms with van der Waals surface area (Å²) in [6.07, 6.45) is 2.20. The minimum Gasteiger partial charge on any atom is -0.335 e. The Hall–Kier alpha value is -1.55. The Balaban J connectivity index is 1.97. The molecular weight excluding hydrogens is 214 g/mol. The van der Waals surface area contributed by atoms with Crippen LogP contribution in [-0.4, -0.2) is 19.1 Å². The van der Waals surface area contributed by atoms with E-state index in [1.165, 1.54) is 0 Å². The van der Waals surface area contributed by atoms with Gasteiger partial charge in [0.15, 0.2) is 0 Å². The van der Waals surface area contributed by atoms with Crippen LogP contribution in [0.2, 0.25) is 0 Å². The van der Waals surface area contributed by atoms with Crippen molar-refractivity contribution in [3.8, 4) is 0 Å². The summed E-state index contributed by atoms with van der Waals surface area (Å²) in [6, 6.07) is 8.45. The average Bonchev–Trinajstić information content (AvgIpc) is 3.12. The zero-order valence-corrected chi connectivity index (χ0v) is 10.3. The molecule has 1 aliphatic carbocycles. The molecule has 1 unspecified atom stereocenters. The standard InChI is InChI=1S/C13H19N3O/c1-9(14-2)10-4-3-5-12(8-10)16-13(17)15-11-6-7-11/h3-5,8-9,11,14H,6-7H2,1-2H3,(H2,15,16,17). The maximum Gasteiger partial charge on any atom is 0.319 e. The first-order valence-corrected chi connectivity index (χ1v) is 6.04. The maximum absolute atomic E-state index is 11.6. The van der Waals surface area contributed by atoms with E-state index in [0.717, 1.165) is 24.1 Å². The van der Waals surface area contributed by atoms with E-state index in [4.69, 9.17) is 0 Å². The Morgan fingerprint density at radius 1 is 1.41 bits per heavy atom. The maximum atomic E-state index is 11.6. The summed E-state index contributed by atoms with van der Waals surface area (Å²) in [7, 11) is 1.92. The summed E-state index contributed by atoms with van der Waals surface area (Å²) in [5, 5.41) is 8.93. The molecular formula is C13H19N3O. The van der Waals surface area contributed by atoms with Crippen LogP contribution in [0.15, 0.2) is 24.3 Å². The van der Waals surface area contributed by atoms with Crippen molar-refractivity contribution in [2.75, 3.05) is 12.4 Å². The van der Waals surface area contributed by atoms with Crippen LogP contribution in [0.5, 0.6) is 0 Å². The van der Waals surface area contributed by atoms with E-state index < -0.39 is 0 Å². The number of rotatable bonds is 4. The van der Waals surface area contributed by atoms with Crippen LogP contribution in [-0.2, 0) is 0 Å². The monoisotopic (exact) mass is 233 g/mol. The van der Waals surface area contributed by atoms with Gasteiger partial charge in [0.25, 0.3) is 0 Å². The molecule has 1 saturated carbocycles. The number of nitrogens with one attached hydrogen (secondary N) is 3. The van der Waals surface area contributed by atoms with Gasteiger partial charge < -0.3 is 16.0 Å². The second-order valence-electron chi connectivity index (χ2n) is 4.51. The van der Waals surface area contributed by atoms with Gasteiger partial charge in [-0.3, -0.25) is 0 Å². The Morgan fingerprint density at radius 2 is 2.18 bits per heavy atom. The van der Waals surface area contributed by atoms with Gasteiger partial charge in [0.1, 0.15) is 0 Å². The summed E-state index contributed by atoms with van der Waals surface area (Å²) in [5.41, 5.74) is 2.00. The van der Waals surface area contributed by atoms with Gasteiger partial charge in [0.2, 0.25) is 0 Å². The molecule has 17 heavy (non-hydrogen) atoms. The first-order valence-electron chi connectivity index (χ1n) is 6.04. The number of hydrogen-bond acceptors (Lipinski definition) is 2. The summed E-state index contributed by atoms with van der Waals surface area (Å²) < 4.78 is 0. The molecule has 1 aromatic carbocycles. The molecule has 0 spiro atoms. The summed E-state index contributed by atoms with van der Waals surface area (Å²) in [4.78, 5) is 11.6. The average molecular weight is 233 g/mol. The highest BCUT2D eigenvalue weighted by Crippen LogP contribution is 2.20. The Labute approximate surface area is 102 Å². The second kappa shape index (κ2) is 5.19. The van der Waals surface area contributed by atoms with E-state index in [2.05, 4.69) is 22.9 Å². The molecule has 0 aromatic heterocycles. The highest BCUT2D eigenvalue weighted by molar-refractivity contribution is 5.89. The van der Waals surface area contributed by atoms with E-state index in [1.54, 1.807) is 0 Å². The number of carbonyl (C=O) groups excluding carboxylic acids is 1. The van der Waals surface area contributed by atoms with Crippen molar-refractivity contribution in [1.82, 2.24) is 10.6 Å². The lowest BCUT2D eigenvalue weighted by atomic mass is 10.1. The third kappa shape index (κ3) is 3.46. The van der Waals surface area contributed by atoms with E-state index in [0.29, 0.717) is 6.04 Å². The number of carbonyl (C=O) groups is 1. The number of benzene rings is 1. The summed E-state index contributed by atoms with van der Waals surface area (Å²) in [6.45, 7) is 2.09. The minimum absolute atomic E-state index is 0.109. The molecule has 1 aliphatic rings. The van der Waals surface area contributed by atoms with Gasteiger partial charge in [0.05, 0.1) is 0 Å². The topological polar surface area (TPSA) is 53.2 Å². The molecule has 1 fully saturated rings. The van der Waals surface area contributed by atoms with E-state index in [9.17, 15) is 4.79 Å². The van der Waals surface area contributed by atoms with Crippen molar-refractivity contribution in [3.63, 3.8) is 0 Å².